The number of carbonyl (C=O) groups excluding carboxylic acids is 1. The van der Waals surface area contributed by atoms with Gasteiger partial charge in [0.25, 0.3) is 11.6 Å². The molecule has 0 saturated heterocycles. The lowest BCUT2D eigenvalue weighted by Gasteiger charge is -2.18. The summed E-state index contributed by atoms with van der Waals surface area (Å²) in [4.78, 5) is 24.8. The lowest BCUT2D eigenvalue weighted by atomic mass is 9.89. The molecule has 126 valence electrons. The molecule has 24 heavy (non-hydrogen) atoms. The summed E-state index contributed by atoms with van der Waals surface area (Å²) >= 11 is 0. The average molecular weight is 327 g/mol. The number of nitro benzene ring substituents is 1. The third-order valence-electron chi connectivity index (χ3n) is 4.08. The standard InChI is InChI=1S/C18H21N3O3/c1-12(14-7-5-6-8-15(14)18(22)19-2)13-9-10-16(20(3)4)17(11-13)21(23)24/h5-12H,1-4H3,(H,19,22). The molecule has 0 saturated carbocycles. The van der Waals surface area contributed by atoms with Gasteiger partial charge in [0.2, 0.25) is 0 Å². The fourth-order valence-corrected chi connectivity index (χ4v) is 2.73. The molecule has 0 bridgehead atoms. The fourth-order valence-electron chi connectivity index (χ4n) is 2.73. The van der Waals surface area contributed by atoms with Crippen molar-refractivity contribution in [2.75, 3.05) is 26.0 Å². The zero-order chi connectivity index (χ0) is 17.9. The van der Waals surface area contributed by atoms with Gasteiger partial charge in [0, 0.05) is 38.7 Å². The van der Waals surface area contributed by atoms with E-state index in [4.69, 9.17) is 0 Å². The fraction of sp³-hybridized carbons (Fsp3) is 0.278. The van der Waals surface area contributed by atoms with Crippen molar-refractivity contribution in [2.45, 2.75) is 12.8 Å². The summed E-state index contributed by atoms with van der Waals surface area (Å²) < 4.78 is 0. The number of rotatable bonds is 5. The van der Waals surface area contributed by atoms with Gasteiger partial charge in [0.1, 0.15) is 5.69 Å². The highest BCUT2D eigenvalue weighted by molar-refractivity contribution is 5.95. The van der Waals surface area contributed by atoms with E-state index >= 15 is 0 Å². The SMILES string of the molecule is CNC(=O)c1ccccc1C(C)c1ccc(N(C)C)c([N+](=O)[O-])c1. The van der Waals surface area contributed by atoms with Crippen LogP contribution < -0.4 is 10.2 Å². The van der Waals surface area contributed by atoms with Gasteiger partial charge in [-0.3, -0.25) is 14.9 Å². The van der Waals surface area contributed by atoms with E-state index in [1.165, 1.54) is 0 Å². The van der Waals surface area contributed by atoms with Crippen LogP contribution in [-0.4, -0.2) is 32.0 Å². The van der Waals surface area contributed by atoms with Crippen LogP contribution in [0, 0.1) is 10.1 Å². The van der Waals surface area contributed by atoms with E-state index in [-0.39, 0.29) is 22.4 Å². The van der Waals surface area contributed by atoms with Gasteiger partial charge in [-0.25, -0.2) is 0 Å². The molecule has 0 aliphatic heterocycles. The Morgan fingerprint density at radius 2 is 1.88 bits per heavy atom. The van der Waals surface area contributed by atoms with Crippen molar-refractivity contribution in [3.8, 4) is 0 Å². The van der Waals surface area contributed by atoms with Gasteiger partial charge in [-0.1, -0.05) is 31.2 Å². The lowest BCUT2D eigenvalue weighted by molar-refractivity contribution is -0.384. The Kier molecular flexibility index (Phi) is 5.18. The number of amides is 1. The molecule has 0 radical (unpaired) electrons. The van der Waals surface area contributed by atoms with Crippen LogP contribution in [0.2, 0.25) is 0 Å². The van der Waals surface area contributed by atoms with Crippen molar-refractivity contribution in [1.82, 2.24) is 5.32 Å². The summed E-state index contributed by atoms with van der Waals surface area (Å²) in [5.41, 5.74) is 2.82. The summed E-state index contributed by atoms with van der Waals surface area (Å²) in [6.45, 7) is 1.94. The Balaban J connectivity index is 2.52. The Labute approximate surface area is 141 Å². The van der Waals surface area contributed by atoms with Gasteiger partial charge in [-0.05, 0) is 23.3 Å². The third-order valence-corrected chi connectivity index (χ3v) is 4.08. The summed E-state index contributed by atoms with van der Waals surface area (Å²) in [5.74, 6) is -0.315. The Morgan fingerprint density at radius 1 is 1.21 bits per heavy atom. The molecule has 6 nitrogen and oxygen atoms in total. The van der Waals surface area contributed by atoms with Crippen molar-refractivity contribution in [3.05, 3.63) is 69.3 Å². The maximum atomic E-state index is 12.1. The van der Waals surface area contributed by atoms with Crippen LogP contribution >= 0.6 is 0 Å². The van der Waals surface area contributed by atoms with E-state index in [1.807, 2.05) is 25.1 Å². The first-order chi connectivity index (χ1) is 11.4. The second kappa shape index (κ2) is 7.12. The van der Waals surface area contributed by atoms with Crippen molar-refractivity contribution in [3.63, 3.8) is 0 Å². The van der Waals surface area contributed by atoms with Crippen LogP contribution in [0.5, 0.6) is 0 Å². The molecule has 0 fully saturated rings. The van der Waals surface area contributed by atoms with E-state index in [1.54, 1.807) is 50.3 Å². The molecule has 1 N–H and O–H groups in total. The number of hydrogen-bond donors (Lipinski definition) is 1. The first-order valence-electron chi connectivity index (χ1n) is 7.63. The van der Waals surface area contributed by atoms with Crippen molar-refractivity contribution in [1.29, 1.82) is 0 Å². The maximum absolute atomic E-state index is 12.1. The second-order valence-electron chi connectivity index (χ2n) is 5.79. The molecule has 2 aromatic rings. The predicted molar refractivity (Wildman–Crippen MR) is 94.8 cm³/mol. The molecule has 0 aliphatic rings. The number of nitrogens with zero attached hydrogens (tertiary/aromatic N) is 2. The van der Waals surface area contributed by atoms with Gasteiger partial charge in [0.05, 0.1) is 4.92 Å². The molecule has 2 aromatic carbocycles. The number of anilines is 1. The van der Waals surface area contributed by atoms with E-state index in [0.29, 0.717) is 11.3 Å². The predicted octanol–water partition coefficient (Wildman–Crippen LogP) is 3.17. The summed E-state index contributed by atoms with van der Waals surface area (Å²) in [6, 6.07) is 12.5. The van der Waals surface area contributed by atoms with E-state index in [0.717, 1.165) is 11.1 Å². The van der Waals surface area contributed by atoms with Crippen molar-refractivity contribution >= 4 is 17.3 Å². The topological polar surface area (TPSA) is 75.5 Å². The molecule has 0 heterocycles. The van der Waals surface area contributed by atoms with E-state index in [9.17, 15) is 14.9 Å². The van der Waals surface area contributed by atoms with Crippen LogP contribution in [-0.2, 0) is 0 Å². The van der Waals surface area contributed by atoms with Gasteiger partial charge in [-0.15, -0.1) is 0 Å². The molecule has 0 spiro atoms. The van der Waals surface area contributed by atoms with Gasteiger partial charge in [-0.2, -0.15) is 0 Å². The number of nitrogens with one attached hydrogen (secondary N) is 1. The highest BCUT2D eigenvalue weighted by Crippen LogP contribution is 2.34. The molecule has 1 atom stereocenters. The average Bonchev–Trinajstić information content (AvgIpc) is 2.59. The Hall–Kier alpha value is -2.89. The van der Waals surface area contributed by atoms with Crippen LogP contribution in [0.4, 0.5) is 11.4 Å². The first-order valence-corrected chi connectivity index (χ1v) is 7.63. The Morgan fingerprint density at radius 3 is 2.46 bits per heavy atom. The van der Waals surface area contributed by atoms with Crippen LogP contribution in [0.1, 0.15) is 34.3 Å². The normalized spacial score (nSPS) is 11.7. The summed E-state index contributed by atoms with van der Waals surface area (Å²) in [7, 11) is 5.12. The molecule has 0 aromatic heterocycles. The number of carbonyl (C=O) groups is 1. The minimum Gasteiger partial charge on any atom is -0.372 e. The minimum absolute atomic E-state index is 0.0572. The molecule has 1 unspecified atom stereocenters. The van der Waals surface area contributed by atoms with Crippen molar-refractivity contribution < 1.29 is 9.72 Å². The molecule has 6 heteroatoms. The molecule has 2 rings (SSSR count). The van der Waals surface area contributed by atoms with Crippen LogP contribution in [0.25, 0.3) is 0 Å². The summed E-state index contributed by atoms with van der Waals surface area (Å²) in [5, 5.41) is 14.0. The van der Waals surface area contributed by atoms with E-state index < -0.39 is 0 Å². The van der Waals surface area contributed by atoms with Gasteiger partial charge < -0.3 is 10.2 Å². The molecule has 0 aliphatic carbocycles. The van der Waals surface area contributed by atoms with Crippen LogP contribution in [0.15, 0.2) is 42.5 Å². The zero-order valence-electron chi connectivity index (χ0n) is 14.2. The number of benzene rings is 2. The third kappa shape index (κ3) is 3.37. The molecular formula is C18H21N3O3. The Bertz CT molecular complexity index is 772. The van der Waals surface area contributed by atoms with Crippen molar-refractivity contribution in [2.24, 2.45) is 0 Å². The number of nitro groups is 1. The summed E-state index contributed by atoms with van der Waals surface area (Å²) in [6.07, 6.45) is 0. The monoisotopic (exact) mass is 327 g/mol. The quantitative estimate of drug-likeness (QED) is 0.676. The maximum Gasteiger partial charge on any atom is 0.292 e. The molecular weight excluding hydrogens is 306 g/mol. The highest BCUT2D eigenvalue weighted by Gasteiger charge is 2.21. The molecule has 1 amide bonds. The largest absolute Gasteiger partial charge is 0.372 e. The first kappa shape index (κ1) is 17.5. The van der Waals surface area contributed by atoms with Gasteiger partial charge in [0.15, 0.2) is 0 Å². The minimum atomic E-state index is -0.379. The highest BCUT2D eigenvalue weighted by atomic mass is 16.6. The van der Waals surface area contributed by atoms with E-state index in [2.05, 4.69) is 5.32 Å². The van der Waals surface area contributed by atoms with Gasteiger partial charge >= 0.3 is 0 Å². The smallest absolute Gasteiger partial charge is 0.292 e. The lowest BCUT2D eigenvalue weighted by Crippen LogP contribution is -2.20. The zero-order valence-corrected chi connectivity index (χ0v) is 14.2. The van der Waals surface area contributed by atoms with Crippen LogP contribution in [0.3, 0.4) is 0 Å². The number of hydrogen-bond acceptors (Lipinski definition) is 4. The second-order valence-corrected chi connectivity index (χ2v) is 5.79.